The van der Waals surface area contributed by atoms with Crippen LogP contribution in [0.25, 0.3) is 10.9 Å². The number of hydrogen-bond acceptors (Lipinski definition) is 2. The van der Waals surface area contributed by atoms with Crippen LogP contribution in [0.2, 0.25) is 0 Å². The van der Waals surface area contributed by atoms with Gasteiger partial charge in [-0.1, -0.05) is 36.4 Å². The summed E-state index contributed by atoms with van der Waals surface area (Å²) in [6, 6.07) is 15.6. The van der Waals surface area contributed by atoms with Crippen LogP contribution in [-0.4, -0.2) is 46.2 Å². The smallest absolute Gasteiger partial charge is 0.255 e. The number of aryl methyl sites for hydroxylation is 1. The lowest BCUT2D eigenvalue weighted by molar-refractivity contribution is -0.131. The van der Waals surface area contributed by atoms with Crippen molar-refractivity contribution in [1.82, 2.24) is 14.8 Å². The molecule has 1 atom stereocenters. The monoisotopic (exact) mass is 375 g/mol. The van der Waals surface area contributed by atoms with Gasteiger partial charge in [0, 0.05) is 40.8 Å². The lowest BCUT2D eigenvalue weighted by Gasteiger charge is -2.28. The van der Waals surface area contributed by atoms with E-state index in [1.165, 1.54) is 0 Å². The molecule has 0 radical (unpaired) electrons. The number of likely N-dealkylation sites (N-methyl/N-ethyl adjacent to an activating group) is 1. The van der Waals surface area contributed by atoms with Crippen molar-refractivity contribution >= 4 is 22.7 Å². The summed E-state index contributed by atoms with van der Waals surface area (Å²) >= 11 is 0. The summed E-state index contributed by atoms with van der Waals surface area (Å²) in [5.41, 5.74) is 4.79. The molecule has 3 aromatic rings. The summed E-state index contributed by atoms with van der Waals surface area (Å²) in [6.45, 7) is 7.32. The maximum Gasteiger partial charge on any atom is 0.255 e. The molecule has 0 spiro atoms. The predicted octanol–water partition coefficient (Wildman–Crippen LogP) is 3.89. The number of fused-ring (bicyclic) bond motifs is 2. The number of H-pyrrole nitrogens is 1. The Balaban J connectivity index is 1.84. The first kappa shape index (κ1) is 18.3. The first-order valence-electron chi connectivity index (χ1n) is 9.81. The van der Waals surface area contributed by atoms with Crippen LogP contribution < -0.4 is 0 Å². The third-order valence-electron chi connectivity index (χ3n) is 5.70. The minimum Gasteiger partial charge on any atom is -0.358 e. The molecule has 1 aliphatic heterocycles. The molecular formula is C23H25N3O2. The van der Waals surface area contributed by atoms with E-state index in [-0.39, 0.29) is 24.4 Å². The Kier molecular flexibility index (Phi) is 4.67. The zero-order chi connectivity index (χ0) is 19.8. The van der Waals surface area contributed by atoms with Crippen molar-refractivity contribution in [1.29, 1.82) is 0 Å². The van der Waals surface area contributed by atoms with E-state index in [1.807, 2.05) is 63.2 Å². The highest BCUT2D eigenvalue weighted by Crippen LogP contribution is 2.42. The van der Waals surface area contributed by atoms with Gasteiger partial charge >= 0.3 is 0 Å². The average Bonchev–Trinajstić information content (AvgIpc) is 3.17. The molecule has 1 unspecified atom stereocenters. The van der Waals surface area contributed by atoms with Crippen molar-refractivity contribution in [3.63, 3.8) is 0 Å². The van der Waals surface area contributed by atoms with Gasteiger partial charge < -0.3 is 14.8 Å². The highest BCUT2D eigenvalue weighted by atomic mass is 16.2. The summed E-state index contributed by atoms with van der Waals surface area (Å²) in [6.07, 6.45) is 0. The summed E-state index contributed by atoms with van der Waals surface area (Å²) in [5, 5.41) is 1.09. The molecule has 1 aliphatic rings. The quantitative estimate of drug-likeness (QED) is 0.735. The number of rotatable bonds is 5. The molecule has 5 heteroatoms. The van der Waals surface area contributed by atoms with Gasteiger partial charge in [-0.3, -0.25) is 9.59 Å². The summed E-state index contributed by atoms with van der Waals surface area (Å²) in [7, 11) is 0. The van der Waals surface area contributed by atoms with Gasteiger partial charge in [0.2, 0.25) is 5.91 Å². The van der Waals surface area contributed by atoms with E-state index in [1.54, 1.807) is 9.80 Å². The van der Waals surface area contributed by atoms with Crippen LogP contribution in [0.3, 0.4) is 0 Å². The van der Waals surface area contributed by atoms with E-state index in [0.29, 0.717) is 18.7 Å². The number of carbonyl (C=O) groups excluding carboxylic acids is 2. The second kappa shape index (κ2) is 7.15. The molecule has 2 amide bonds. The second-order valence-electron chi connectivity index (χ2n) is 7.20. The Hall–Kier alpha value is -3.08. The lowest BCUT2D eigenvalue weighted by atomic mass is 9.95. The van der Waals surface area contributed by atoms with Crippen molar-refractivity contribution in [2.75, 3.05) is 19.6 Å². The molecule has 2 aromatic carbocycles. The topological polar surface area (TPSA) is 56.4 Å². The van der Waals surface area contributed by atoms with E-state index < -0.39 is 0 Å². The van der Waals surface area contributed by atoms with Crippen molar-refractivity contribution in [3.8, 4) is 0 Å². The number of hydrogen-bond donors (Lipinski definition) is 1. The van der Waals surface area contributed by atoms with Crippen LogP contribution in [0.5, 0.6) is 0 Å². The normalized spacial score (nSPS) is 15.9. The number of benzene rings is 2. The molecule has 0 fully saturated rings. The van der Waals surface area contributed by atoms with E-state index in [4.69, 9.17) is 0 Å². The molecule has 2 heterocycles. The minimum absolute atomic E-state index is 0.0198. The van der Waals surface area contributed by atoms with Crippen molar-refractivity contribution in [2.24, 2.45) is 0 Å². The van der Waals surface area contributed by atoms with Gasteiger partial charge in [-0.05, 0) is 38.5 Å². The largest absolute Gasteiger partial charge is 0.358 e. The molecule has 0 aliphatic carbocycles. The zero-order valence-corrected chi connectivity index (χ0v) is 16.5. The Morgan fingerprint density at radius 1 is 1.07 bits per heavy atom. The van der Waals surface area contributed by atoms with Crippen molar-refractivity contribution in [2.45, 2.75) is 26.8 Å². The molecule has 4 rings (SSSR count). The molecule has 1 N–H and O–H groups in total. The first-order valence-corrected chi connectivity index (χ1v) is 9.81. The Bertz CT molecular complexity index is 1050. The number of amides is 2. The predicted molar refractivity (Wildman–Crippen MR) is 110 cm³/mol. The number of nitrogens with zero attached hydrogens (tertiary/aromatic N) is 2. The fourth-order valence-corrected chi connectivity index (χ4v) is 4.32. The van der Waals surface area contributed by atoms with Gasteiger partial charge in [0.15, 0.2) is 0 Å². The summed E-state index contributed by atoms with van der Waals surface area (Å²) in [4.78, 5) is 33.0. The van der Waals surface area contributed by atoms with Gasteiger partial charge in [-0.15, -0.1) is 0 Å². The highest BCUT2D eigenvalue weighted by Gasteiger charge is 2.40. The second-order valence-corrected chi connectivity index (χ2v) is 7.20. The third-order valence-corrected chi connectivity index (χ3v) is 5.70. The maximum atomic E-state index is 13.2. The number of carbonyl (C=O) groups is 2. The van der Waals surface area contributed by atoms with Crippen molar-refractivity contribution in [3.05, 3.63) is 70.9 Å². The third kappa shape index (κ3) is 2.78. The number of aromatic amines is 1. The van der Waals surface area contributed by atoms with Crippen LogP contribution >= 0.6 is 0 Å². The lowest BCUT2D eigenvalue weighted by Crippen LogP contribution is -2.42. The Morgan fingerprint density at radius 2 is 1.75 bits per heavy atom. The number of aromatic nitrogens is 1. The van der Waals surface area contributed by atoms with Gasteiger partial charge in [0.25, 0.3) is 5.91 Å². The number of para-hydroxylation sites is 1. The first-order chi connectivity index (χ1) is 13.6. The van der Waals surface area contributed by atoms with Gasteiger partial charge in [-0.2, -0.15) is 0 Å². The molecule has 5 nitrogen and oxygen atoms in total. The zero-order valence-electron chi connectivity index (χ0n) is 16.5. The van der Waals surface area contributed by atoms with E-state index in [9.17, 15) is 9.59 Å². The Labute approximate surface area is 165 Å². The average molecular weight is 375 g/mol. The standard InChI is InChI=1S/C23H25N3O2/c1-4-25(5-2)20(27)14-26-22(16-10-6-7-11-17(16)23(26)28)21-15(3)24-19-13-9-8-12-18(19)21/h6-13,22,24H,4-5,14H2,1-3H3. The fraction of sp³-hybridized carbons (Fsp3) is 0.304. The highest BCUT2D eigenvalue weighted by molar-refractivity contribution is 6.02. The van der Waals surface area contributed by atoms with Gasteiger partial charge in [0.05, 0.1) is 6.04 Å². The van der Waals surface area contributed by atoms with E-state index in [0.717, 1.165) is 27.7 Å². The minimum atomic E-state index is -0.264. The van der Waals surface area contributed by atoms with Crippen LogP contribution in [0.15, 0.2) is 48.5 Å². The summed E-state index contributed by atoms with van der Waals surface area (Å²) < 4.78 is 0. The molecule has 144 valence electrons. The SMILES string of the molecule is CCN(CC)C(=O)CN1C(=O)c2ccccc2C1c1c(C)[nH]c2ccccc12. The van der Waals surface area contributed by atoms with Gasteiger partial charge in [-0.25, -0.2) is 0 Å². The van der Waals surface area contributed by atoms with Crippen LogP contribution in [-0.2, 0) is 4.79 Å². The van der Waals surface area contributed by atoms with Crippen LogP contribution in [0.4, 0.5) is 0 Å². The number of nitrogens with one attached hydrogen (secondary N) is 1. The Morgan fingerprint density at radius 3 is 2.50 bits per heavy atom. The van der Waals surface area contributed by atoms with E-state index >= 15 is 0 Å². The molecule has 0 saturated carbocycles. The molecule has 0 saturated heterocycles. The van der Waals surface area contributed by atoms with Crippen LogP contribution in [0.1, 0.15) is 47.1 Å². The van der Waals surface area contributed by atoms with Crippen LogP contribution in [0, 0.1) is 6.92 Å². The van der Waals surface area contributed by atoms with Gasteiger partial charge in [0.1, 0.15) is 6.54 Å². The fourth-order valence-electron chi connectivity index (χ4n) is 4.32. The maximum absolute atomic E-state index is 13.2. The van der Waals surface area contributed by atoms with E-state index in [2.05, 4.69) is 11.1 Å². The summed E-state index contributed by atoms with van der Waals surface area (Å²) in [5.74, 6) is -0.0977. The molecule has 28 heavy (non-hydrogen) atoms. The molecule has 1 aromatic heterocycles. The molecule has 0 bridgehead atoms. The molecular weight excluding hydrogens is 350 g/mol. The van der Waals surface area contributed by atoms with Crippen molar-refractivity contribution < 1.29 is 9.59 Å².